The summed E-state index contributed by atoms with van der Waals surface area (Å²) in [6.45, 7) is 0. The summed E-state index contributed by atoms with van der Waals surface area (Å²) in [7, 11) is 0. The standard InChI is InChI=1S/C34H23N/c1-3-10-28-20(6-1)14-22-12-13-23-16-26-18-27-17-25-9-5-8-24-15-21-7-2-4-11-30(21)35(34(24)25)31(27)19-29(26)33(23)32(22)28/h1-13,18-19H,14-17H2. The Morgan fingerprint density at radius 2 is 1.03 bits per heavy atom. The Morgan fingerprint density at radius 1 is 0.400 bits per heavy atom. The zero-order valence-electron chi connectivity index (χ0n) is 19.4. The molecule has 0 N–H and O–H groups in total. The molecule has 0 unspecified atom stereocenters. The van der Waals surface area contributed by atoms with Gasteiger partial charge in [0.25, 0.3) is 0 Å². The van der Waals surface area contributed by atoms with E-state index in [-0.39, 0.29) is 0 Å². The molecule has 0 saturated heterocycles. The number of anilines is 3. The van der Waals surface area contributed by atoms with Crippen LogP contribution in [0.15, 0.2) is 91.0 Å². The molecular weight excluding hydrogens is 422 g/mol. The van der Waals surface area contributed by atoms with Gasteiger partial charge >= 0.3 is 0 Å². The largest absolute Gasteiger partial charge is 0.309 e. The second-order valence-corrected chi connectivity index (χ2v) is 10.5. The number of benzene rings is 5. The average Bonchev–Trinajstić information content (AvgIpc) is 3.44. The van der Waals surface area contributed by atoms with Gasteiger partial charge in [-0.1, -0.05) is 78.9 Å². The van der Waals surface area contributed by atoms with Crippen molar-refractivity contribution in [2.24, 2.45) is 0 Å². The van der Waals surface area contributed by atoms with Crippen molar-refractivity contribution in [2.45, 2.75) is 25.7 Å². The van der Waals surface area contributed by atoms with Crippen molar-refractivity contribution in [2.75, 3.05) is 4.90 Å². The SMILES string of the molecule is c1ccc2c(c1)Cc1ccc3c(c1-2)-c1cc2c(cc1C3)Cc1cccc3c1N2c1ccccc1C3. The maximum absolute atomic E-state index is 2.57. The van der Waals surface area contributed by atoms with Crippen LogP contribution in [-0.2, 0) is 25.7 Å². The fraction of sp³-hybridized carbons (Fsp3) is 0.118. The molecule has 0 saturated carbocycles. The van der Waals surface area contributed by atoms with Gasteiger partial charge in [0.15, 0.2) is 0 Å². The topological polar surface area (TPSA) is 3.24 Å². The van der Waals surface area contributed by atoms with E-state index in [0.29, 0.717) is 0 Å². The van der Waals surface area contributed by atoms with Gasteiger partial charge in [-0.2, -0.15) is 0 Å². The molecule has 1 heteroatoms. The van der Waals surface area contributed by atoms with Gasteiger partial charge in [0.1, 0.15) is 0 Å². The monoisotopic (exact) mass is 445 g/mol. The quantitative estimate of drug-likeness (QED) is 0.228. The lowest BCUT2D eigenvalue weighted by atomic mass is 9.85. The fourth-order valence-electron chi connectivity index (χ4n) is 7.22. The van der Waals surface area contributed by atoms with E-state index in [0.717, 1.165) is 25.7 Å². The molecule has 4 aliphatic rings. The molecule has 2 aliphatic heterocycles. The summed E-state index contributed by atoms with van der Waals surface area (Å²) >= 11 is 0. The average molecular weight is 446 g/mol. The van der Waals surface area contributed by atoms with Crippen molar-refractivity contribution in [1.82, 2.24) is 0 Å². The Bertz CT molecular complexity index is 1760. The van der Waals surface area contributed by atoms with Crippen molar-refractivity contribution in [3.63, 3.8) is 0 Å². The molecule has 0 spiro atoms. The Kier molecular flexibility index (Phi) is 3.29. The van der Waals surface area contributed by atoms with Crippen LogP contribution in [0.5, 0.6) is 0 Å². The van der Waals surface area contributed by atoms with E-state index >= 15 is 0 Å². The second-order valence-electron chi connectivity index (χ2n) is 10.5. The van der Waals surface area contributed by atoms with Crippen molar-refractivity contribution in [3.05, 3.63) is 136 Å². The molecule has 35 heavy (non-hydrogen) atoms. The Morgan fingerprint density at radius 3 is 1.89 bits per heavy atom. The normalized spacial score (nSPS) is 14.9. The van der Waals surface area contributed by atoms with E-state index in [1.807, 2.05) is 0 Å². The molecule has 164 valence electrons. The van der Waals surface area contributed by atoms with E-state index in [1.165, 1.54) is 83.8 Å². The third kappa shape index (κ3) is 2.29. The zero-order chi connectivity index (χ0) is 22.7. The lowest BCUT2D eigenvalue weighted by Crippen LogP contribution is -2.24. The van der Waals surface area contributed by atoms with E-state index in [1.54, 1.807) is 0 Å². The molecule has 5 aromatic carbocycles. The molecule has 0 radical (unpaired) electrons. The Balaban J connectivity index is 1.32. The first-order chi connectivity index (χ1) is 17.3. The van der Waals surface area contributed by atoms with Crippen LogP contribution in [0, 0.1) is 0 Å². The van der Waals surface area contributed by atoms with Crippen LogP contribution in [0.2, 0.25) is 0 Å². The Labute approximate surface area is 205 Å². The van der Waals surface area contributed by atoms with E-state index < -0.39 is 0 Å². The van der Waals surface area contributed by atoms with Gasteiger partial charge in [0.2, 0.25) is 0 Å². The highest BCUT2D eigenvalue weighted by Crippen LogP contribution is 2.55. The van der Waals surface area contributed by atoms with Gasteiger partial charge < -0.3 is 4.90 Å². The first kappa shape index (κ1) is 18.3. The van der Waals surface area contributed by atoms with Crippen LogP contribution in [0.1, 0.15) is 44.5 Å². The van der Waals surface area contributed by atoms with E-state index in [4.69, 9.17) is 0 Å². The minimum Gasteiger partial charge on any atom is -0.309 e. The van der Waals surface area contributed by atoms with Gasteiger partial charge in [-0.25, -0.2) is 0 Å². The number of fused-ring (bicyclic) bond motifs is 11. The van der Waals surface area contributed by atoms with Crippen LogP contribution in [0.4, 0.5) is 17.1 Å². The maximum Gasteiger partial charge on any atom is 0.0532 e. The zero-order valence-corrected chi connectivity index (χ0v) is 19.4. The summed E-state index contributed by atoms with van der Waals surface area (Å²) in [5.41, 5.74) is 21.6. The predicted octanol–water partition coefficient (Wildman–Crippen LogP) is 8.11. The third-order valence-electron chi connectivity index (χ3n) is 8.66. The molecule has 2 heterocycles. The van der Waals surface area contributed by atoms with Gasteiger partial charge in [-0.15, -0.1) is 0 Å². The smallest absolute Gasteiger partial charge is 0.0532 e. The van der Waals surface area contributed by atoms with Gasteiger partial charge in [0.05, 0.1) is 11.4 Å². The second kappa shape index (κ2) is 6.31. The van der Waals surface area contributed by atoms with Gasteiger partial charge in [0, 0.05) is 18.5 Å². The molecule has 0 atom stereocenters. The van der Waals surface area contributed by atoms with Crippen molar-refractivity contribution in [3.8, 4) is 22.3 Å². The lowest BCUT2D eigenvalue weighted by Gasteiger charge is -2.39. The summed E-state index contributed by atoms with van der Waals surface area (Å²) in [6, 6.07) is 34.7. The predicted molar refractivity (Wildman–Crippen MR) is 143 cm³/mol. The molecular formula is C34H23N. The number of hydrogen-bond donors (Lipinski definition) is 0. The molecule has 0 bridgehead atoms. The van der Waals surface area contributed by atoms with Crippen LogP contribution in [0.25, 0.3) is 22.3 Å². The van der Waals surface area contributed by atoms with Gasteiger partial charge in [-0.3, -0.25) is 0 Å². The van der Waals surface area contributed by atoms with E-state index in [9.17, 15) is 0 Å². The molecule has 9 rings (SSSR count). The highest BCUT2D eigenvalue weighted by Gasteiger charge is 2.34. The van der Waals surface area contributed by atoms with Crippen molar-refractivity contribution < 1.29 is 0 Å². The van der Waals surface area contributed by atoms with Crippen LogP contribution in [-0.4, -0.2) is 0 Å². The molecule has 0 fully saturated rings. The molecule has 2 aliphatic carbocycles. The lowest BCUT2D eigenvalue weighted by molar-refractivity contribution is 1.01. The number of hydrogen-bond acceptors (Lipinski definition) is 1. The van der Waals surface area contributed by atoms with E-state index in [2.05, 4.69) is 95.9 Å². The van der Waals surface area contributed by atoms with Gasteiger partial charge in [-0.05, 0) is 91.7 Å². The summed E-state index contributed by atoms with van der Waals surface area (Å²) in [5.74, 6) is 0. The Hall–Kier alpha value is -4.10. The van der Waals surface area contributed by atoms with Crippen LogP contribution in [0.3, 0.4) is 0 Å². The molecule has 0 amide bonds. The third-order valence-corrected chi connectivity index (χ3v) is 8.66. The first-order valence-corrected chi connectivity index (χ1v) is 12.7. The summed E-state index contributed by atoms with van der Waals surface area (Å²) < 4.78 is 0. The summed E-state index contributed by atoms with van der Waals surface area (Å²) in [6.07, 6.45) is 4.12. The summed E-state index contributed by atoms with van der Waals surface area (Å²) in [5, 5.41) is 0. The number of rotatable bonds is 0. The van der Waals surface area contributed by atoms with Crippen LogP contribution >= 0.6 is 0 Å². The fourth-order valence-corrected chi connectivity index (χ4v) is 7.22. The number of nitrogens with zero attached hydrogens (tertiary/aromatic N) is 1. The number of para-hydroxylation sites is 2. The molecule has 5 aromatic rings. The summed E-state index contributed by atoms with van der Waals surface area (Å²) in [4.78, 5) is 2.57. The minimum atomic E-state index is 1.02. The van der Waals surface area contributed by atoms with Crippen molar-refractivity contribution >= 4 is 17.1 Å². The van der Waals surface area contributed by atoms with Crippen LogP contribution < -0.4 is 4.90 Å². The molecule has 0 aromatic heterocycles. The highest BCUT2D eigenvalue weighted by molar-refractivity contribution is 5.98. The first-order valence-electron chi connectivity index (χ1n) is 12.7. The van der Waals surface area contributed by atoms with Crippen molar-refractivity contribution in [1.29, 1.82) is 0 Å². The highest BCUT2D eigenvalue weighted by atomic mass is 15.2. The minimum absolute atomic E-state index is 1.02. The molecule has 1 nitrogen and oxygen atoms in total. The maximum atomic E-state index is 2.57.